The number of hydrogen-bond acceptors (Lipinski definition) is 3. The lowest BCUT2D eigenvalue weighted by Gasteiger charge is -2.42. The molecule has 0 bridgehead atoms. The zero-order valence-electron chi connectivity index (χ0n) is 18.5. The Kier molecular flexibility index (Phi) is 6.90. The Morgan fingerprint density at radius 2 is 1.66 bits per heavy atom. The van der Waals surface area contributed by atoms with Gasteiger partial charge in [-0.15, -0.1) is 0 Å². The fourth-order valence-electron chi connectivity index (χ4n) is 5.36. The Hall–Kier alpha value is -1.59. The molecule has 0 aromatic carbocycles. The highest BCUT2D eigenvalue weighted by molar-refractivity contribution is 6.09. The van der Waals surface area contributed by atoms with Crippen LogP contribution in [-0.4, -0.2) is 40.9 Å². The summed E-state index contributed by atoms with van der Waals surface area (Å²) in [7, 11) is 0. The summed E-state index contributed by atoms with van der Waals surface area (Å²) in [4.78, 5) is 39.4. The minimum atomic E-state index is -0.794. The number of carbonyl (C=O) groups is 3. The molecule has 1 saturated heterocycles. The topological polar surface area (TPSA) is 78.5 Å². The average molecular weight is 406 g/mol. The number of hydrogen-bond donors (Lipinski definition) is 2. The Bertz CT molecular complexity index is 615. The van der Waals surface area contributed by atoms with E-state index in [-0.39, 0.29) is 29.8 Å². The van der Waals surface area contributed by atoms with Crippen LogP contribution in [0.5, 0.6) is 0 Å². The van der Waals surface area contributed by atoms with Crippen molar-refractivity contribution in [3.05, 3.63) is 0 Å². The number of rotatable bonds is 5. The van der Waals surface area contributed by atoms with Gasteiger partial charge >= 0.3 is 6.03 Å². The fraction of sp³-hybridized carbons (Fsp3) is 0.870. The summed E-state index contributed by atoms with van der Waals surface area (Å²) in [5.74, 6) is 0.152. The van der Waals surface area contributed by atoms with Gasteiger partial charge in [0.1, 0.15) is 12.1 Å². The molecule has 164 valence electrons. The van der Waals surface area contributed by atoms with Crippen LogP contribution in [0, 0.1) is 11.3 Å². The summed E-state index contributed by atoms with van der Waals surface area (Å²) < 4.78 is 0. The molecule has 4 amide bonds. The van der Waals surface area contributed by atoms with Gasteiger partial charge in [-0.3, -0.25) is 14.5 Å². The van der Waals surface area contributed by atoms with Crippen LogP contribution in [0.3, 0.4) is 0 Å². The predicted molar refractivity (Wildman–Crippen MR) is 113 cm³/mol. The highest BCUT2D eigenvalue weighted by Crippen LogP contribution is 2.45. The predicted octanol–water partition coefficient (Wildman–Crippen LogP) is 4.13. The van der Waals surface area contributed by atoms with Gasteiger partial charge in [0.25, 0.3) is 5.91 Å². The molecule has 29 heavy (non-hydrogen) atoms. The van der Waals surface area contributed by atoms with Crippen LogP contribution >= 0.6 is 0 Å². The maximum Gasteiger partial charge on any atom is 0.325 e. The van der Waals surface area contributed by atoms with Gasteiger partial charge in [-0.1, -0.05) is 59.3 Å². The summed E-state index contributed by atoms with van der Waals surface area (Å²) in [5, 5.41) is 6.01. The molecule has 0 aromatic heterocycles. The van der Waals surface area contributed by atoms with Gasteiger partial charge in [0.05, 0.1) is 0 Å². The second kappa shape index (κ2) is 9.05. The lowest BCUT2D eigenvalue weighted by molar-refractivity contribution is -0.136. The Balaban J connectivity index is 1.56. The van der Waals surface area contributed by atoms with Crippen LogP contribution in [0.15, 0.2) is 0 Å². The van der Waals surface area contributed by atoms with Crippen LogP contribution in [-0.2, 0) is 9.59 Å². The van der Waals surface area contributed by atoms with E-state index in [9.17, 15) is 14.4 Å². The molecule has 0 radical (unpaired) electrons. The molecular weight excluding hydrogens is 366 g/mol. The SMILES string of the molecule is CCC(C)(C)C1CCC2(CC1)NC(=O)N(CC(=O)NC1CCCCCCC1)C2=O. The van der Waals surface area contributed by atoms with Crippen molar-refractivity contribution in [2.24, 2.45) is 11.3 Å². The number of carbonyl (C=O) groups excluding carboxylic acids is 3. The molecule has 6 heteroatoms. The van der Waals surface area contributed by atoms with E-state index >= 15 is 0 Å². The number of nitrogens with zero attached hydrogens (tertiary/aromatic N) is 1. The normalized spacial score (nSPS) is 29.5. The molecule has 0 aromatic rings. The highest BCUT2D eigenvalue weighted by Gasteiger charge is 2.53. The van der Waals surface area contributed by atoms with Gasteiger partial charge in [0, 0.05) is 6.04 Å². The zero-order chi connectivity index (χ0) is 21.1. The van der Waals surface area contributed by atoms with Crippen LogP contribution in [0.1, 0.15) is 97.8 Å². The van der Waals surface area contributed by atoms with Crippen molar-refractivity contribution in [3.8, 4) is 0 Å². The average Bonchev–Trinajstić information content (AvgIpc) is 2.88. The molecule has 2 aliphatic carbocycles. The minimum absolute atomic E-state index is 0.160. The molecule has 3 fully saturated rings. The maximum atomic E-state index is 13.1. The maximum absolute atomic E-state index is 13.1. The fourth-order valence-corrected chi connectivity index (χ4v) is 5.36. The van der Waals surface area contributed by atoms with Crippen molar-refractivity contribution >= 4 is 17.8 Å². The Labute approximate surface area is 175 Å². The van der Waals surface area contributed by atoms with Gasteiger partial charge in [-0.2, -0.15) is 0 Å². The van der Waals surface area contributed by atoms with E-state index in [0.29, 0.717) is 18.8 Å². The summed E-state index contributed by atoms with van der Waals surface area (Å²) in [6, 6.07) is -0.236. The number of nitrogens with one attached hydrogen (secondary N) is 2. The van der Waals surface area contributed by atoms with Crippen molar-refractivity contribution in [1.29, 1.82) is 0 Å². The Morgan fingerprint density at radius 3 is 2.24 bits per heavy atom. The van der Waals surface area contributed by atoms with E-state index in [2.05, 4.69) is 31.4 Å². The molecule has 1 heterocycles. The first-order valence-corrected chi connectivity index (χ1v) is 11.7. The van der Waals surface area contributed by atoms with Gasteiger partial charge in [0.2, 0.25) is 5.91 Å². The molecule has 6 nitrogen and oxygen atoms in total. The summed E-state index contributed by atoms with van der Waals surface area (Å²) >= 11 is 0. The molecule has 3 rings (SSSR count). The molecule has 1 spiro atoms. The standard InChI is InChI=1S/C23H39N3O3/c1-4-22(2,3)17-12-14-23(15-13-17)20(28)26(21(29)25-23)16-19(27)24-18-10-8-6-5-7-9-11-18/h17-18H,4-16H2,1-3H3,(H,24,27)(H,25,29). The number of amides is 4. The lowest BCUT2D eigenvalue weighted by atomic mass is 9.65. The van der Waals surface area contributed by atoms with Gasteiger partial charge in [-0.05, 0) is 49.9 Å². The molecular formula is C23H39N3O3. The van der Waals surface area contributed by atoms with Gasteiger partial charge in [-0.25, -0.2) is 4.79 Å². The van der Waals surface area contributed by atoms with Crippen LogP contribution in [0.25, 0.3) is 0 Å². The van der Waals surface area contributed by atoms with Crippen molar-refractivity contribution in [2.75, 3.05) is 6.54 Å². The van der Waals surface area contributed by atoms with Crippen LogP contribution in [0.2, 0.25) is 0 Å². The molecule has 1 aliphatic heterocycles. The second-order valence-corrected chi connectivity index (χ2v) is 10.1. The quantitative estimate of drug-likeness (QED) is 0.675. The van der Waals surface area contributed by atoms with E-state index in [1.54, 1.807) is 0 Å². The van der Waals surface area contributed by atoms with E-state index in [0.717, 1.165) is 49.8 Å². The smallest absolute Gasteiger partial charge is 0.325 e. The first-order chi connectivity index (χ1) is 13.8. The summed E-state index contributed by atoms with van der Waals surface area (Å²) in [5.41, 5.74) is -0.539. The van der Waals surface area contributed by atoms with Gasteiger partial charge < -0.3 is 10.6 Å². The van der Waals surface area contributed by atoms with E-state index < -0.39 is 11.6 Å². The van der Waals surface area contributed by atoms with E-state index in [1.165, 1.54) is 19.3 Å². The summed E-state index contributed by atoms with van der Waals surface area (Å²) in [6.07, 6.45) is 12.3. The first-order valence-electron chi connectivity index (χ1n) is 11.7. The van der Waals surface area contributed by atoms with Crippen molar-refractivity contribution in [2.45, 2.75) is 109 Å². The van der Waals surface area contributed by atoms with Crippen molar-refractivity contribution in [1.82, 2.24) is 15.5 Å². The van der Waals surface area contributed by atoms with Crippen LogP contribution < -0.4 is 10.6 Å². The van der Waals surface area contributed by atoms with Crippen LogP contribution in [0.4, 0.5) is 4.79 Å². The molecule has 2 N–H and O–H groups in total. The van der Waals surface area contributed by atoms with Crippen molar-refractivity contribution < 1.29 is 14.4 Å². The third-order valence-corrected chi connectivity index (χ3v) is 7.87. The van der Waals surface area contributed by atoms with Gasteiger partial charge in [0.15, 0.2) is 0 Å². The molecule has 0 unspecified atom stereocenters. The van der Waals surface area contributed by atoms with E-state index in [1.807, 2.05) is 0 Å². The van der Waals surface area contributed by atoms with Crippen molar-refractivity contribution in [3.63, 3.8) is 0 Å². The van der Waals surface area contributed by atoms with E-state index in [4.69, 9.17) is 0 Å². The zero-order valence-corrected chi connectivity index (χ0v) is 18.5. The second-order valence-electron chi connectivity index (χ2n) is 10.1. The first kappa shape index (κ1) is 22.1. The number of urea groups is 1. The minimum Gasteiger partial charge on any atom is -0.352 e. The molecule has 0 atom stereocenters. The lowest BCUT2D eigenvalue weighted by Crippen LogP contribution is -2.51. The monoisotopic (exact) mass is 405 g/mol. The Morgan fingerprint density at radius 1 is 1.07 bits per heavy atom. The third kappa shape index (κ3) is 4.95. The molecule has 2 saturated carbocycles. The highest BCUT2D eigenvalue weighted by atomic mass is 16.2. The largest absolute Gasteiger partial charge is 0.352 e. The third-order valence-electron chi connectivity index (χ3n) is 7.87. The molecule has 3 aliphatic rings. The summed E-state index contributed by atoms with van der Waals surface area (Å²) in [6.45, 7) is 6.63. The number of imide groups is 1.